The van der Waals surface area contributed by atoms with Crippen LogP contribution in [-0.2, 0) is 18.0 Å². The molecule has 1 N–H and O–H groups in total. The summed E-state index contributed by atoms with van der Waals surface area (Å²) in [5.74, 6) is 0. The van der Waals surface area contributed by atoms with Crippen LogP contribution in [0, 0.1) is 0 Å². The van der Waals surface area contributed by atoms with Gasteiger partial charge in [-0.05, 0) is 34.4 Å². The Morgan fingerprint density at radius 3 is 2.68 bits per heavy atom. The zero-order valence-electron chi connectivity index (χ0n) is 10.1. The summed E-state index contributed by atoms with van der Waals surface area (Å²) in [5.41, 5.74) is 4.03. The smallest absolute Gasteiger partial charge is 0.105 e. The minimum Gasteiger partial charge on any atom is -0.384 e. The van der Waals surface area contributed by atoms with Gasteiger partial charge in [0, 0.05) is 9.50 Å². The minimum atomic E-state index is -0.669. The Bertz CT molecular complexity index is 628. The number of aliphatic hydroxyl groups excluding tert-OH is 1. The van der Waals surface area contributed by atoms with Gasteiger partial charge in [-0.3, -0.25) is 0 Å². The highest BCUT2D eigenvalue weighted by atomic mass is 79.9. The van der Waals surface area contributed by atoms with E-state index in [1.165, 1.54) is 5.56 Å². The van der Waals surface area contributed by atoms with Gasteiger partial charge >= 0.3 is 0 Å². The number of rotatable bonds is 2. The van der Waals surface area contributed by atoms with Crippen molar-refractivity contribution in [2.24, 2.45) is 0 Å². The fourth-order valence-corrected chi connectivity index (χ4v) is 3.16. The average Bonchev–Trinajstić information content (AvgIpc) is 2.85. The van der Waals surface area contributed by atoms with Gasteiger partial charge in [-0.15, -0.1) is 0 Å². The van der Waals surface area contributed by atoms with Crippen LogP contribution in [-0.4, -0.2) is 5.11 Å². The van der Waals surface area contributed by atoms with E-state index in [1.807, 2.05) is 24.3 Å². The summed E-state index contributed by atoms with van der Waals surface area (Å²) < 4.78 is 6.20. The zero-order chi connectivity index (χ0) is 13.4. The highest BCUT2D eigenvalue weighted by Gasteiger charge is 2.17. The molecule has 0 amide bonds. The molecule has 19 heavy (non-hydrogen) atoms. The van der Waals surface area contributed by atoms with Gasteiger partial charge in [0.1, 0.15) is 6.10 Å². The molecule has 0 radical (unpaired) electrons. The van der Waals surface area contributed by atoms with Gasteiger partial charge in [0.15, 0.2) is 0 Å². The highest BCUT2D eigenvalue weighted by molar-refractivity contribution is 9.10. The van der Waals surface area contributed by atoms with Crippen molar-refractivity contribution in [1.29, 1.82) is 0 Å². The van der Waals surface area contributed by atoms with Crippen LogP contribution in [0.4, 0.5) is 0 Å². The van der Waals surface area contributed by atoms with Crippen LogP contribution in [0.2, 0.25) is 5.02 Å². The van der Waals surface area contributed by atoms with Crippen molar-refractivity contribution in [3.05, 3.63) is 68.1 Å². The molecule has 1 aliphatic heterocycles. The van der Waals surface area contributed by atoms with Crippen molar-refractivity contribution >= 4 is 27.5 Å². The van der Waals surface area contributed by atoms with Crippen molar-refractivity contribution < 1.29 is 9.84 Å². The molecule has 4 heteroatoms. The van der Waals surface area contributed by atoms with E-state index in [4.69, 9.17) is 16.3 Å². The fraction of sp³-hybridized carbons (Fsp3) is 0.200. The second-order valence-electron chi connectivity index (χ2n) is 4.59. The third-order valence-electron chi connectivity index (χ3n) is 3.32. The maximum atomic E-state index is 10.5. The molecule has 1 aliphatic rings. The Morgan fingerprint density at radius 2 is 1.89 bits per heavy atom. The molecule has 98 valence electrons. The van der Waals surface area contributed by atoms with E-state index < -0.39 is 6.10 Å². The summed E-state index contributed by atoms with van der Waals surface area (Å²) >= 11 is 9.35. The molecule has 0 bridgehead atoms. The third kappa shape index (κ3) is 2.56. The second-order valence-corrected chi connectivity index (χ2v) is 5.88. The molecule has 0 aromatic heterocycles. The van der Waals surface area contributed by atoms with Crippen LogP contribution in [0.1, 0.15) is 28.4 Å². The first kappa shape index (κ1) is 13.1. The molecule has 2 aromatic carbocycles. The monoisotopic (exact) mass is 338 g/mol. The first-order chi connectivity index (χ1) is 9.15. The molecular weight excluding hydrogens is 328 g/mol. The number of fused-ring (bicyclic) bond motifs is 1. The summed E-state index contributed by atoms with van der Waals surface area (Å²) in [5, 5.41) is 11.1. The lowest BCUT2D eigenvalue weighted by Gasteiger charge is -2.14. The van der Waals surface area contributed by atoms with Gasteiger partial charge < -0.3 is 9.84 Å². The van der Waals surface area contributed by atoms with Crippen LogP contribution in [0.25, 0.3) is 0 Å². The molecule has 2 nitrogen and oxygen atoms in total. The van der Waals surface area contributed by atoms with Crippen molar-refractivity contribution in [2.75, 3.05) is 0 Å². The van der Waals surface area contributed by atoms with Crippen LogP contribution >= 0.6 is 27.5 Å². The summed E-state index contributed by atoms with van der Waals surface area (Å²) in [7, 11) is 0. The van der Waals surface area contributed by atoms with Gasteiger partial charge in [-0.25, -0.2) is 0 Å². The number of aliphatic hydroxyl groups is 1. The van der Waals surface area contributed by atoms with Crippen molar-refractivity contribution in [1.82, 2.24) is 0 Å². The summed E-state index contributed by atoms with van der Waals surface area (Å²) in [6, 6.07) is 11.4. The van der Waals surface area contributed by atoms with Gasteiger partial charge in [0.2, 0.25) is 0 Å². The number of hydrogen-bond donors (Lipinski definition) is 1. The standard InChI is InChI=1S/C15H12BrClO2/c16-14-6-12(17)3-4-13(14)15(18)9-1-2-10-7-19-8-11(10)5-9/h1-6,15,18H,7-8H2. The number of hydrogen-bond acceptors (Lipinski definition) is 2. The quantitative estimate of drug-likeness (QED) is 0.888. The molecule has 0 saturated heterocycles. The fourth-order valence-electron chi connectivity index (χ4n) is 2.26. The lowest BCUT2D eigenvalue weighted by molar-refractivity contribution is 0.134. The Morgan fingerprint density at radius 1 is 1.11 bits per heavy atom. The maximum absolute atomic E-state index is 10.5. The Hall–Kier alpha value is -0.870. The van der Waals surface area contributed by atoms with E-state index in [9.17, 15) is 5.11 Å². The molecule has 3 rings (SSSR count). The van der Waals surface area contributed by atoms with Crippen LogP contribution in [0.3, 0.4) is 0 Å². The Balaban J connectivity index is 1.97. The number of halogens is 2. The molecule has 1 unspecified atom stereocenters. The van der Waals surface area contributed by atoms with E-state index in [2.05, 4.69) is 15.9 Å². The van der Waals surface area contributed by atoms with E-state index in [1.54, 1.807) is 12.1 Å². The first-order valence-electron chi connectivity index (χ1n) is 5.97. The van der Waals surface area contributed by atoms with Gasteiger partial charge in [0.05, 0.1) is 13.2 Å². The second kappa shape index (κ2) is 5.25. The first-order valence-corrected chi connectivity index (χ1v) is 7.15. The lowest BCUT2D eigenvalue weighted by Crippen LogP contribution is -2.01. The summed E-state index contributed by atoms with van der Waals surface area (Å²) in [6.45, 7) is 1.29. The van der Waals surface area contributed by atoms with Gasteiger partial charge in [-0.1, -0.05) is 51.8 Å². The zero-order valence-corrected chi connectivity index (χ0v) is 12.4. The van der Waals surface area contributed by atoms with E-state index >= 15 is 0 Å². The third-order valence-corrected chi connectivity index (χ3v) is 4.24. The molecular formula is C15H12BrClO2. The summed E-state index contributed by atoms with van der Waals surface area (Å²) in [4.78, 5) is 0. The molecule has 1 heterocycles. The Kier molecular flexibility index (Phi) is 3.63. The van der Waals surface area contributed by atoms with E-state index in [0.29, 0.717) is 18.2 Å². The normalized spacial score (nSPS) is 15.3. The van der Waals surface area contributed by atoms with Crippen LogP contribution in [0.15, 0.2) is 40.9 Å². The molecule has 0 spiro atoms. The van der Waals surface area contributed by atoms with Gasteiger partial charge in [0.25, 0.3) is 0 Å². The predicted octanol–water partition coefficient (Wildman–Crippen LogP) is 4.21. The van der Waals surface area contributed by atoms with Crippen molar-refractivity contribution in [3.8, 4) is 0 Å². The number of ether oxygens (including phenoxy) is 1. The van der Waals surface area contributed by atoms with E-state index in [-0.39, 0.29) is 0 Å². The largest absolute Gasteiger partial charge is 0.384 e. The topological polar surface area (TPSA) is 29.5 Å². The molecule has 1 atom stereocenters. The summed E-state index contributed by atoms with van der Waals surface area (Å²) in [6.07, 6.45) is -0.669. The van der Waals surface area contributed by atoms with Crippen LogP contribution < -0.4 is 0 Å². The van der Waals surface area contributed by atoms with Crippen molar-refractivity contribution in [2.45, 2.75) is 19.3 Å². The maximum Gasteiger partial charge on any atom is 0.105 e. The van der Waals surface area contributed by atoms with Crippen LogP contribution in [0.5, 0.6) is 0 Å². The minimum absolute atomic E-state index is 0.623. The Labute approximate surface area is 125 Å². The molecule has 0 aliphatic carbocycles. The molecule has 2 aromatic rings. The SMILES string of the molecule is OC(c1ccc2c(c1)COC2)c1ccc(Cl)cc1Br. The predicted molar refractivity (Wildman–Crippen MR) is 78.1 cm³/mol. The average molecular weight is 340 g/mol. The van der Waals surface area contributed by atoms with E-state index in [0.717, 1.165) is 21.2 Å². The highest BCUT2D eigenvalue weighted by Crippen LogP contribution is 2.32. The lowest BCUT2D eigenvalue weighted by atomic mass is 9.98. The number of benzene rings is 2. The molecule has 0 saturated carbocycles. The molecule has 0 fully saturated rings. The van der Waals surface area contributed by atoms with Gasteiger partial charge in [-0.2, -0.15) is 0 Å². The van der Waals surface area contributed by atoms with Crippen molar-refractivity contribution in [3.63, 3.8) is 0 Å².